The van der Waals surface area contributed by atoms with Crippen molar-refractivity contribution in [2.24, 2.45) is 0 Å². The summed E-state index contributed by atoms with van der Waals surface area (Å²) in [6.45, 7) is 2.52. The van der Waals surface area contributed by atoms with Gasteiger partial charge < -0.3 is 9.94 Å². The van der Waals surface area contributed by atoms with Crippen molar-refractivity contribution in [1.82, 2.24) is 5.48 Å². The molecule has 2 N–H and O–H groups in total. The number of phenolic OH excluding ortho intramolecular Hbond substituents is 1. The maximum Gasteiger partial charge on any atom is 0.118 e. The van der Waals surface area contributed by atoms with Gasteiger partial charge in [0.25, 0.3) is 0 Å². The van der Waals surface area contributed by atoms with Gasteiger partial charge in [-0.15, -0.1) is 0 Å². The summed E-state index contributed by atoms with van der Waals surface area (Å²) in [6, 6.07) is 5.46. The van der Waals surface area contributed by atoms with E-state index in [0.29, 0.717) is 12.3 Å². The molecule has 12 heavy (non-hydrogen) atoms. The van der Waals surface area contributed by atoms with Gasteiger partial charge in [0.15, 0.2) is 0 Å². The largest absolute Gasteiger partial charge is 0.508 e. The molecule has 0 aliphatic heterocycles. The molecule has 3 heteroatoms. The van der Waals surface area contributed by atoms with Gasteiger partial charge in [-0.25, -0.2) is 0 Å². The SMILES string of the molecule is CONCc1ccc(O)c(C)c1. The van der Waals surface area contributed by atoms with Crippen LogP contribution in [0, 0.1) is 6.92 Å². The Morgan fingerprint density at radius 3 is 2.83 bits per heavy atom. The van der Waals surface area contributed by atoms with E-state index in [4.69, 9.17) is 4.84 Å². The lowest BCUT2D eigenvalue weighted by molar-refractivity contribution is 0.0867. The lowest BCUT2D eigenvalue weighted by Crippen LogP contribution is -2.10. The molecule has 0 heterocycles. The number of phenols is 1. The normalized spacial score (nSPS) is 10.2. The Morgan fingerprint density at radius 1 is 1.50 bits per heavy atom. The summed E-state index contributed by atoms with van der Waals surface area (Å²) in [7, 11) is 1.58. The quantitative estimate of drug-likeness (QED) is 0.668. The summed E-state index contributed by atoms with van der Waals surface area (Å²) in [5.74, 6) is 0.330. The predicted molar refractivity (Wildman–Crippen MR) is 46.7 cm³/mol. The van der Waals surface area contributed by atoms with E-state index in [2.05, 4.69) is 5.48 Å². The average molecular weight is 167 g/mol. The van der Waals surface area contributed by atoms with Crippen LogP contribution >= 0.6 is 0 Å². The number of aryl methyl sites for hydroxylation is 1. The van der Waals surface area contributed by atoms with Crippen LogP contribution in [0.3, 0.4) is 0 Å². The number of hydrogen-bond donors (Lipinski definition) is 2. The van der Waals surface area contributed by atoms with E-state index in [1.54, 1.807) is 13.2 Å². The van der Waals surface area contributed by atoms with Crippen molar-refractivity contribution in [3.8, 4) is 5.75 Å². The fraction of sp³-hybridized carbons (Fsp3) is 0.333. The van der Waals surface area contributed by atoms with Gasteiger partial charge in [0.2, 0.25) is 0 Å². The first-order valence-electron chi connectivity index (χ1n) is 3.78. The molecule has 1 aromatic rings. The van der Waals surface area contributed by atoms with E-state index >= 15 is 0 Å². The molecule has 0 aromatic heterocycles. The van der Waals surface area contributed by atoms with Gasteiger partial charge in [0, 0.05) is 6.54 Å². The van der Waals surface area contributed by atoms with Gasteiger partial charge in [-0.1, -0.05) is 12.1 Å². The highest BCUT2D eigenvalue weighted by Crippen LogP contribution is 2.16. The summed E-state index contributed by atoms with van der Waals surface area (Å²) in [4.78, 5) is 4.70. The molecule has 1 rings (SSSR count). The predicted octanol–water partition coefficient (Wildman–Crippen LogP) is 1.35. The second kappa shape index (κ2) is 4.09. The van der Waals surface area contributed by atoms with Gasteiger partial charge in [-0.2, -0.15) is 5.48 Å². The fourth-order valence-electron chi connectivity index (χ4n) is 0.983. The molecule has 0 saturated heterocycles. The highest BCUT2D eigenvalue weighted by molar-refractivity contribution is 5.34. The summed E-state index contributed by atoms with van der Waals surface area (Å²) in [5, 5.41) is 9.22. The minimum Gasteiger partial charge on any atom is -0.508 e. The number of aromatic hydroxyl groups is 1. The summed E-state index contributed by atoms with van der Waals surface area (Å²) >= 11 is 0. The topological polar surface area (TPSA) is 41.5 Å². The molecule has 0 aliphatic rings. The second-order valence-corrected chi connectivity index (χ2v) is 2.65. The van der Waals surface area contributed by atoms with Crippen LogP contribution in [-0.2, 0) is 11.4 Å². The molecule has 0 aliphatic carbocycles. The van der Waals surface area contributed by atoms with Gasteiger partial charge >= 0.3 is 0 Å². The Bertz CT molecular complexity index is 261. The van der Waals surface area contributed by atoms with E-state index < -0.39 is 0 Å². The van der Waals surface area contributed by atoms with Crippen molar-refractivity contribution >= 4 is 0 Å². The van der Waals surface area contributed by atoms with Crippen LogP contribution in [0.1, 0.15) is 11.1 Å². The molecular weight excluding hydrogens is 154 g/mol. The van der Waals surface area contributed by atoms with Crippen molar-refractivity contribution in [2.75, 3.05) is 7.11 Å². The van der Waals surface area contributed by atoms with Crippen molar-refractivity contribution in [3.05, 3.63) is 29.3 Å². The average Bonchev–Trinajstić information content (AvgIpc) is 2.07. The zero-order valence-electron chi connectivity index (χ0n) is 7.29. The van der Waals surface area contributed by atoms with E-state index in [-0.39, 0.29) is 0 Å². The van der Waals surface area contributed by atoms with Gasteiger partial charge in [-0.3, -0.25) is 0 Å². The van der Waals surface area contributed by atoms with Crippen molar-refractivity contribution in [1.29, 1.82) is 0 Å². The van der Waals surface area contributed by atoms with E-state index in [1.165, 1.54) is 0 Å². The van der Waals surface area contributed by atoms with Crippen LogP contribution in [0.25, 0.3) is 0 Å². The Morgan fingerprint density at radius 2 is 2.25 bits per heavy atom. The second-order valence-electron chi connectivity index (χ2n) is 2.65. The smallest absolute Gasteiger partial charge is 0.118 e. The Balaban J connectivity index is 2.69. The lowest BCUT2D eigenvalue weighted by atomic mass is 10.1. The Labute approximate surface area is 71.9 Å². The zero-order chi connectivity index (χ0) is 8.97. The third-order valence-electron chi connectivity index (χ3n) is 1.68. The molecule has 1 aromatic carbocycles. The lowest BCUT2D eigenvalue weighted by Gasteiger charge is -2.04. The number of rotatable bonds is 3. The minimum absolute atomic E-state index is 0.330. The van der Waals surface area contributed by atoms with Crippen LogP contribution in [0.5, 0.6) is 5.75 Å². The number of benzene rings is 1. The van der Waals surface area contributed by atoms with Crippen molar-refractivity contribution < 1.29 is 9.94 Å². The Kier molecular flexibility index (Phi) is 3.08. The van der Waals surface area contributed by atoms with E-state index in [1.807, 2.05) is 19.1 Å². The first kappa shape index (κ1) is 9.03. The molecule has 0 amide bonds. The first-order valence-corrected chi connectivity index (χ1v) is 3.78. The highest BCUT2D eigenvalue weighted by atomic mass is 16.6. The molecule has 0 radical (unpaired) electrons. The van der Waals surface area contributed by atoms with Crippen LogP contribution in [0.4, 0.5) is 0 Å². The molecule has 0 unspecified atom stereocenters. The number of hydrogen-bond acceptors (Lipinski definition) is 3. The van der Waals surface area contributed by atoms with E-state index in [9.17, 15) is 5.11 Å². The van der Waals surface area contributed by atoms with Crippen LogP contribution < -0.4 is 5.48 Å². The molecule has 0 fully saturated rings. The zero-order valence-corrected chi connectivity index (χ0v) is 7.29. The third kappa shape index (κ3) is 2.22. The summed E-state index contributed by atoms with van der Waals surface area (Å²) < 4.78 is 0. The molecule has 66 valence electrons. The molecule has 0 bridgehead atoms. The standard InChI is InChI=1S/C9H13NO2/c1-7-5-8(6-10-12-2)3-4-9(7)11/h3-5,10-11H,6H2,1-2H3. The van der Waals surface area contributed by atoms with Crippen LogP contribution in [0.2, 0.25) is 0 Å². The number of nitrogens with one attached hydrogen (secondary N) is 1. The van der Waals surface area contributed by atoms with Crippen LogP contribution in [0.15, 0.2) is 18.2 Å². The van der Waals surface area contributed by atoms with Gasteiger partial charge in [-0.05, 0) is 24.1 Å². The number of hydroxylamine groups is 1. The first-order chi connectivity index (χ1) is 5.74. The third-order valence-corrected chi connectivity index (χ3v) is 1.68. The Hall–Kier alpha value is -1.06. The minimum atomic E-state index is 0.330. The maximum absolute atomic E-state index is 9.22. The van der Waals surface area contributed by atoms with Crippen LogP contribution in [-0.4, -0.2) is 12.2 Å². The van der Waals surface area contributed by atoms with Gasteiger partial charge in [0.05, 0.1) is 7.11 Å². The van der Waals surface area contributed by atoms with E-state index in [0.717, 1.165) is 11.1 Å². The monoisotopic (exact) mass is 167 g/mol. The molecule has 0 spiro atoms. The van der Waals surface area contributed by atoms with Gasteiger partial charge in [0.1, 0.15) is 5.75 Å². The fourth-order valence-corrected chi connectivity index (χ4v) is 0.983. The van der Waals surface area contributed by atoms with Crippen molar-refractivity contribution in [2.45, 2.75) is 13.5 Å². The molecule has 0 atom stereocenters. The summed E-state index contributed by atoms with van der Waals surface area (Å²) in [6.07, 6.45) is 0. The van der Waals surface area contributed by atoms with Crippen molar-refractivity contribution in [3.63, 3.8) is 0 Å². The highest BCUT2D eigenvalue weighted by Gasteiger charge is 1.96. The maximum atomic E-state index is 9.22. The molecular formula is C9H13NO2. The molecule has 0 saturated carbocycles. The molecule has 3 nitrogen and oxygen atoms in total. The summed E-state index contributed by atoms with van der Waals surface area (Å²) in [5.41, 5.74) is 4.70.